The number of nitrogens with zero attached hydrogens (tertiary/aromatic N) is 1. The normalized spacial score (nSPS) is 12.3. The molecular formula is C5H9NO5. The maximum Gasteiger partial charge on any atom is 0.331 e. The second kappa shape index (κ2) is 3.89. The van der Waals surface area contributed by atoms with E-state index in [1.165, 1.54) is 0 Å². The van der Waals surface area contributed by atoms with Crippen molar-refractivity contribution >= 4 is 11.9 Å². The van der Waals surface area contributed by atoms with E-state index in [9.17, 15) is 9.59 Å². The summed E-state index contributed by atoms with van der Waals surface area (Å²) < 4.78 is 0. The van der Waals surface area contributed by atoms with Gasteiger partial charge in [0.2, 0.25) is 5.91 Å². The predicted octanol–water partition coefficient (Wildman–Crippen LogP) is -1.33. The average Bonchev–Trinajstić information content (AvgIpc) is 1.88. The summed E-state index contributed by atoms with van der Waals surface area (Å²) >= 11 is 0. The summed E-state index contributed by atoms with van der Waals surface area (Å²) in [5.74, 6) is -2.28. The van der Waals surface area contributed by atoms with Crippen LogP contribution in [0.1, 0.15) is 6.92 Å². The molecule has 0 aliphatic rings. The Morgan fingerprint density at radius 1 is 1.55 bits per heavy atom. The highest BCUT2D eigenvalue weighted by atomic mass is 16.5. The number of hydrogen-bond donors (Lipinski definition) is 3. The third kappa shape index (κ3) is 2.52. The summed E-state index contributed by atoms with van der Waals surface area (Å²) in [6.07, 6.45) is 0. The van der Waals surface area contributed by atoms with Crippen molar-refractivity contribution in [1.29, 1.82) is 0 Å². The van der Waals surface area contributed by atoms with Crippen molar-refractivity contribution in [2.45, 2.75) is 13.0 Å². The molecule has 1 atom stereocenters. The third-order valence-electron chi connectivity index (χ3n) is 1.08. The summed E-state index contributed by atoms with van der Waals surface area (Å²) in [5.41, 5.74) is 0. The number of carboxylic acid groups (broad SMARTS) is 1. The molecule has 0 aromatic rings. The van der Waals surface area contributed by atoms with Crippen LogP contribution in [0.15, 0.2) is 0 Å². The summed E-state index contributed by atoms with van der Waals surface area (Å²) in [5, 5.41) is 25.3. The van der Waals surface area contributed by atoms with Crippen LogP contribution in [0.2, 0.25) is 0 Å². The van der Waals surface area contributed by atoms with Crippen LogP contribution >= 0.6 is 0 Å². The fraction of sp³-hybridized carbons (Fsp3) is 0.600. The fourth-order valence-corrected chi connectivity index (χ4v) is 0.479. The number of aliphatic carboxylic acids is 1. The molecule has 0 aromatic heterocycles. The van der Waals surface area contributed by atoms with E-state index in [2.05, 4.69) is 0 Å². The van der Waals surface area contributed by atoms with Crippen molar-refractivity contribution in [3.05, 3.63) is 0 Å². The molecule has 0 spiro atoms. The lowest BCUT2D eigenvalue weighted by atomic mass is 10.3. The molecule has 64 valence electrons. The Kier molecular flexibility index (Phi) is 3.49. The van der Waals surface area contributed by atoms with E-state index in [0.717, 1.165) is 6.92 Å². The van der Waals surface area contributed by atoms with E-state index in [0.29, 0.717) is 0 Å². The van der Waals surface area contributed by atoms with Crippen molar-refractivity contribution < 1.29 is 25.0 Å². The zero-order valence-corrected chi connectivity index (χ0v) is 5.89. The van der Waals surface area contributed by atoms with Gasteiger partial charge in [0.05, 0.1) is 6.61 Å². The lowest BCUT2D eigenvalue weighted by Gasteiger charge is -2.18. The Hall–Kier alpha value is -1.14. The number of amides is 1. The number of carboxylic acids is 1. The van der Waals surface area contributed by atoms with Gasteiger partial charge in [0, 0.05) is 6.92 Å². The largest absolute Gasteiger partial charge is 0.480 e. The van der Waals surface area contributed by atoms with Gasteiger partial charge in [-0.15, -0.1) is 0 Å². The second-order valence-electron chi connectivity index (χ2n) is 1.90. The summed E-state index contributed by atoms with van der Waals surface area (Å²) in [7, 11) is 0. The summed E-state index contributed by atoms with van der Waals surface area (Å²) in [6.45, 7) is 0.178. The molecule has 0 saturated heterocycles. The molecule has 0 fully saturated rings. The molecule has 1 amide bonds. The molecule has 0 rings (SSSR count). The first kappa shape index (κ1) is 9.86. The molecule has 0 bridgehead atoms. The minimum absolute atomic E-state index is 0.0255. The van der Waals surface area contributed by atoms with Gasteiger partial charge >= 0.3 is 5.97 Å². The highest BCUT2D eigenvalue weighted by Gasteiger charge is 2.25. The van der Waals surface area contributed by atoms with E-state index < -0.39 is 24.5 Å². The van der Waals surface area contributed by atoms with Crippen LogP contribution in [-0.4, -0.2) is 45.0 Å². The molecule has 11 heavy (non-hydrogen) atoms. The minimum atomic E-state index is -1.58. The molecule has 6 heteroatoms. The topological polar surface area (TPSA) is 98.1 Å². The minimum Gasteiger partial charge on any atom is -0.480 e. The van der Waals surface area contributed by atoms with E-state index in [1.54, 1.807) is 0 Å². The zero-order valence-electron chi connectivity index (χ0n) is 5.89. The number of aliphatic hydroxyl groups excluding tert-OH is 1. The molecule has 3 N–H and O–H groups in total. The molecule has 6 nitrogen and oxygen atoms in total. The molecule has 0 unspecified atom stereocenters. The van der Waals surface area contributed by atoms with Gasteiger partial charge in [-0.1, -0.05) is 0 Å². The van der Waals surface area contributed by atoms with Crippen molar-refractivity contribution in [2.75, 3.05) is 6.61 Å². The third-order valence-corrected chi connectivity index (χ3v) is 1.08. The smallest absolute Gasteiger partial charge is 0.331 e. The first-order valence-corrected chi connectivity index (χ1v) is 2.83. The first-order chi connectivity index (χ1) is 5.00. The van der Waals surface area contributed by atoms with Gasteiger partial charge in [-0.05, 0) is 0 Å². The molecule has 0 aliphatic heterocycles. The van der Waals surface area contributed by atoms with Crippen LogP contribution in [0.25, 0.3) is 0 Å². The Morgan fingerprint density at radius 2 is 2.00 bits per heavy atom. The number of hydrogen-bond acceptors (Lipinski definition) is 4. The monoisotopic (exact) mass is 163 g/mol. The van der Waals surface area contributed by atoms with Gasteiger partial charge in [0.15, 0.2) is 6.04 Å². The van der Waals surface area contributed by atoms with Gasteiger partial charge in [0.1, 0.15) is 0 Å². The predicted molar refractivity (Wildman–Crippen MR) is 32.8 cm³/mol. The molecule has 0 aliphatic carbocycles. The second-order valence-corrected chi connectivity index (χ2v) is 1.90. The number of carbonyl (C=O) groups excluding carboxylic acids is 1. The number of hydroxylamine groups is 2. The maximum atomic E-state index is 10.4. The lowest BCUT2D eigenvalue weighted by Crippen LogP contribution is -2.44. The molecule has 0 radical (unpaired) electrons. The van der Waals surface area contributed by atoms with Crippen LogP contribution in [0, 0.1) is 0 Å². The highest BCUT2D eigenvalue weighted by Crippen LogP contribution is 1.95. The van der Waals surface area contributed by atoms with Crippen molar-refractivity contribution in [3.8, 4) is 0 Å². The molecular weight excluding hydrogens is 154 g/mol. The van der Waals surface area contributed by atoms with Crippen LogP contribution < -0.4 is 0 Å². The van der Waals surface area contributed by atoms with Gasteiger partial charge in [-0.2, -0.15) is 0 Å². The van der Waals surface area contributed by atoms with E-state index in [-0.39, 0.29) is 5.06 Å². The van der Waals surface area contributed by atoms with Crippen LogP contribution in [0.5, 0.6) is 0 Å². The maximum absolute atomic E-state index is 10.4. The zero-order chi connectivity index (χ0) is 9.02. The van der Waals surface area contributed by atoms with Crippen molar-refractivity contribution in [1.82, 2.24) is 5.06 Å². The summed E-state index contributed by atoms with van der Waals surface area (Å²) in [6, 6.07) is -1.58. The van der Waals surface area contributed by atoms with Crippen LogP contribution in [-0.2, 0) is 9.59 Å². The van der Waals surface area contributed by atoms with Crippen LogP contribution in [0.4, 0.5) is 0 Å². The van der Waals surface area contributed by atoms with Gasteiger partial charge in [-0.25, -0.2) is 9.86 Å². The van der Waals surface area contributed by atoms with Gasteiger partial charge in [0.25, 0.3) is 0 Å². The number of aliphatic hydroxyl groups is 1. The Bertz CT molecular complexity index is 168. The standard InChI is InChI=1S/C5H9NO5/c1-3(8)6(11)4(2-7)5(9)10/h4,7,11H,2H2,1H3,(H,9,10)/t4-/m0/s1. The molecule has 0 aromatic carbocycles. The molecule has 0 heterocycles. The Balaban J connectivity index is 4.25. The van der Waals surface area contributed by atoms with Gasteiger partial charge in [-0.3, -0.25) is 10.0 Å². The number of carbonyl (C=O) groups is 2. The number of rotatable bonds is 3. The van der Waals surface area contributed by atoms with E-state index in [1.807, 2.05) is 0 Å². The highest BCUT2D eigenvalue weighted by molar-refractivity contribution is 5.81. The van der Waals surface area contributed by atoms with Crippen molar-refractivity contribution in [3.63, 3.8) is 0 Å². The first-order valence-electron chi connectivity index (χ1n) is 2.83. The lowest BCUT2D eigenvalue weighted by molar-refractivity contribution is -0.187. The quantitative estimate of drug-likeness (QED) is 0.353. The van der Waals surface area contributed by atoms with E-state index in [4.69, 9.17) is 15.4 Å². The van der Waals surface area contributed by atoms with Crippen LogP contribution in [0.3, 0.4) is 0 Å². The van der Waals surface area contributed by atoms with Gasteiger partial charge < -0.3 is 10.2 Å². The average molecular weight is 163 g/mol. The SMILES string of the molecule is CC(=O)N(O)[C@@H](CO)C(=O)O. The molecule has 0 saturated carbocycles. The van der Waals surface area contributed by atoms with Crippen molar-refractivity contribution in [2.24, 2.45) is 0 Å². The Labute approximate surface area is 62.6 Å². The Morgan fingerprint density at radius 3 is 2.09 bits per heavy atom. The summed E-state index contributed by atoms with van der Waals surface area (Å²) in [4.78, 5) is 20.5. The van der Waals surface area contributed by atoms with E-state index >= 15 is 0 Å². The fourth-order valence-electron chi connectivity index (χ4n) is 0.479.